The second-order valence-electron chi connectivity index (χ2n) is 8.87. The number of aromatic nitrogens is 2. The molecule has 1 N–H and O–H groups in total. The third-order valence-electron chi connectivity index (χ3n) is 6.64. The quantitative estimate of drug-likeness (QED) is 0.523. The summed E-state index contributed by atoms with van der Waals surface area (Å²) in [6.45, 7) is 7.20. The van der Waals surface area contributed by atoms with E-state index in [0.717, 1.165) is 33.4 Å². The molecule has 5 rings (SSSR count). The van der Waals surface area contributed by atoms with Gasteiger partial charge in [0.15, 0.2) is 0 Å². The Hall–Kier alpha value is -3.67. The molecule has 0 spiro atoms. The fraction of sp³-hybridized carbons (Fsp3) is 0.296. The van der Waals surface area contributed by atoms with Gasteiger partial charge in [0.1, 0.15) is 11.7 Å². The maximum atomic E-state index is 13.2. The van der Waals surface area contributed by atoms with Crippen molar-refractivity contribution in [1.29, 1.82) is 0 Å². The van der Waals surface area contributed by atoms with E-state index in [1.807, 2.05) is 43.3 Å². The molecular weight excluding hydrogens is 412 g/mol. The van der Waals surface area contributed by atoms with Crippen LogP contribution in [0.5, 0.6) is 0 Å². The van der Waals surface area contributed by atoms with E-state index in [9.17, 15) is 9.59 Å². The summed E-state index contributed by atoms with van der Waals surface area (Å²) in [7, 11) is 0. The smallest absolute Gasteiger partial charge is 0.243 e. The highest BCUT2D eigenvalue weighted by molar-refractivity contribution is 6.08. The van der Waals surface area contributed by atoms with Crippen LogP contribution >= 0.6 is 0 Å². The molecule has 2 aromatic carbocycles. The summed E-state index contributed by atoms with van der Waals surface area (Å²) in [5.41, 5.74) is 6.48. The van der Waals surface area contributed by atoms with Crippen molar-refractivity contribution >= 4 is 33.8 Å². The van der Waals surface area contributed by atoms with Crippen LogP contribution in [-0.2, 0) is 29.1 Å². The normalized spacial score (nSPS) is 15.6. The lowest BCUT2D eigenvalue weighted by molar-refractivity contribution is -0.140. The van der Waals surface area contributed by atoms with E-state index in [4.69, 9.17) is 4.98 Å². The summed E-state index contributed by atoms with van der Waals surface area (Å²) in [6, 6.07) is 17.9. The number of nitrogens with zero attached hydrogens (tertiary/aromatic N) is 3. The predicted octanol–water partition coefficient (Wildman–Crippen LogP) is 3.90. The average molecular weight is 441 g/mol. The van der Waals surface area contributed by atoms with Crippen molar-refractivity contribution in [2.75, 3.05) is 6.54 Å². The molecule has 0 saturated carbocycles. The van der Waals surface area contributed by atoms with Gasteiger partial charge >= 0.3 is 0 Å². The average Bonchev–Trinajstić information content (AvgIpc) is 3.11. The molecule has 1 aliphatic rings. The molecule has 168 valence electrons. The van der Waals surface area contributed by atoms with Crippen molar-refractivity contribution in [3.05, 3.63) is 77.0 Å². The van der Waals surface area contributed by atoms with Gasteiger partial charge in [0.2, 0.25) is 11.8 Å². The zero-order valence-electron chi connectivity index (χ0n) is 19.3. The Bertz CT molecular complexity index is 1390. The van der Waals surface area contributed by atoms with Crippen LogP contribution in [0, 0.1) is 13.8 Å². The van der Waals surface area contributed by atoms with E-state index in [0.29, 0.717) is 26.1 Å². The van der Waals surface area contributed by atoms with Gasteiger partial charge in [0, 0.05) is 49.4 Å². The third kappa shape index (κ3) is 3.75. The molecule has 0 saturated heterocycles. The van der Waals surface area contributed by atoms with Gasteiger partial charge in [-0.3, -0.25) is 9.59 Å². The minimum absolute atomic E-state index is 0.0813. The Labute approximate surface area is 193 Å². The van der Waals surface area contributed by atoms with Gasteiger partial charge in [0.05, 0.1) is 5.52 Å². The van der Waals surface area contributed by atoms with Gasteiger partial charge in [-0.2, -0.15) is 0 Å². The number of pyridine rings is 1. The minimum Gasteiger partial charge on any atom is -0.353 e. The van der Waals surface area contributed by atoms with Gasteiger partial charge < -0.3 is 14.8 Å². The molecule has 1 aliphatic heterocycles. The summed E-state index contributed by atoms with van der Waals surface area (Å²) in [6.07, 6.45) is 0.539. The number of rotatable bonds is 4. The number of carbonyl (C=O) groups excluding carboxylic acids is 2. The highest BCUT2D eigenvalue weighted by atomic mass is 16.2. The lowest BCUT2D eigenvalue weighted by atomic mass is 9.93. The number of amides is 2. The summed E-state index contributed by atoms with van der Waals surface area (Å²) < 4.78 is 2.18. The third-order valence-corrected chi connectivity index (χ3v) is 6.64. The molecule has 0 radical (unpaired) electrons. The first-order chi connectivity index (χ1) is 15.9. The van der Waals surface area contributed by atoms with Gasteiger partial charge in [-0.1, -0.05) is 42.5 Å². The molecule has 2 amide bonds. The van der Waals surface area contributed by atoms with Gasteiger partial charge in [-0.25, -0.2) is 4.98 Å². The molecule has 4 aromatic rings. The first-order valence-electron chi connectivity index (χ1n) is 11.4. The first-order valence-corrected chi connectivity index (χ1v) is 11.4. The molecule has 0 bridgehead atoms. The number of benzene rings is 2. The number of hydrogen-bond donors (Lipinski definition) is 1. The highest BCUT2D eigenvalue weighted by Gasteiger charge is 2.32. The van der Waals surface area contributed by atoms with E-state index in [1.165, 1.54) is 17.9 Å². The Morgan fingerprint density at radius 2 is 1.79 bits per heavy atom. The standard InChI is InChI=1S/C27H28N4O2/c1-17-14-18(2)29-26-25(17)22-10-6-7-11-23(22)30(26)13-12-28-27(33)24-15-20-8-4-5-9-21(20)16-31(24)19(3)32/h4-11,14,24H,12-13,15-16H2,1-3H3,(H,28,33)/t24-/m1/s1. The molecule has 0 fully saturated rings. The van der Waals surface area contributed by atoms with Crippen molar-refractivity contribution in [3.8, 4) is 0 Å². The molecular formula is C27H28N4O2. The summed E-state index contributed by atoms with van der Waals surface area (Å²) in [5.74, 6) is -0.192. The second kappa shape index (κ2) is 8.35. The van der Waals surface area contributed by atoms with Crippen LogP contribution in [0.15, 0.2) is 54.6 Å². The fourth-order valence-corrected chi connectivity index (χ4v) is 5.10. The molecule has 0 aliphatic carbocycles. The maximum absolute atomic E-state index is 13.2. The van der Waals surface area contributed by atoms with Crippen molar-refractivity contribution in [1.82, 2.24) is 19.8 Å². The molecule has 6 heteroatoms. The van der Waals surface area contributed by atoms with Crippen LogP contribution in [0.4, 0.5) is 0 Å². The van der Waals surface area contributed by atoms with E-state index < -0.39 is 6.04 Å². The number of carbonyl (C=O) groups is 2. The molecule has 3 heterocycles. The summed E-state index contributed by atoms with van der Waals surface area (Å²) >= 11 is 0. The van der Waals surface area contributed by atoms with E-state index in [1.54, 1.807) is 4.90 Å². The van der Waals surface area contributed by atoms with Crippen LogP contribution in [0.1, 0.15) is 29.3 Å². The number of aryl methyl sites for hydroxylation is 2. The maximum Gasteiger partial charge on any atom is 0.243 e. The minimum atomic E-state index is -0.488. The topological polar surface area (TPSA) is 67.2 Å². The summed E-state index contributed by atoms with van der Waals surface area (Å²) in [4.78, 5) is 31.9. The number of fused-ring (bicyclic) bond motifs is 4. The largest absolute Gasteiger partial charge is 0.353 e. The second-order valence-corrected chi connectivity index (χ2v) is 8.87. The summed E-state index contributed by atoms with van der Waals surface area (Å²) in [5, 5.41) is 5.42. The van der Waals surface area contributed by atoms with Crippen LogP contribution in [0.2, 0.25) is 0 Å². The molecule has 2 aromatic heterocycles. The zero-order valence-corrected chi connectivity index (χ0v) is 19.3. The zero-order chi connectivity index (χ0) is 23.1. The van der Waals surface area contributed by atoms with Crippen molar-refractivity contribution in [2.24, 2.45) is 0 Å². The van der Waals surface area contributed by atoms with Crippen molar-refractivity contribution in [3.63, 3.8) is 0 Å². The molecule has 1 atom stereocenters. The SMILES string of the molecule is CC(=O)N1Cc2ccccc2C[C@@H]1C(=O)NCCn1c2ccccc2c2c(C)cc(C)nc21. The van der Waals surface area contributed by atoms with Crippen LogP contribution in [0.25, 0.3) is 21.9 Å². The Balaban J connectivity index is 1.38. The van der Waals surface area contributed by atoms with E-state index in [-0.39, 0.29) is 11.8 Å². The molecule has 33 heavy (non-hydrogen) atoms. The number of hydrogen-bond acceptors (Lipinski definition) is 3. The molecule has 6 nitrogen and oxygen atoms in total. The van der Waals surface area contributed by atoms with Gasteiger partial charge in [-0.15, -0.1) is 0 Å². The van der Waals surface area contributed by atoms with Crippen LogP contribution in [0.3, 0.4) is 0 Å². The van der Waals surface area contributed by atoms with Crippen LogP contribution in [-0.4, -0.2) is 38.9 Å². The lowest BCUT2D eigenvalue weighted by Gasteiger charge is -2.35. The number of nitrogens with one attached hydrogen (secondary N) is 1. The van der Waals surface area contributed by atoms with Crippen molar-refractivity contribution in [2.45, 2.75) is 46.3 Å². The Kier molecular flexibility index (Phi) is 5.36. The van der Waals surface area contributed by atoms with Gasteiger partial charge in [0.25, 0.3) is 0 Å². The predicted molar refractivity (Wildman–Crippen MR) is 130 cm³/mol. The van der Waals surface area contributed by atoms with E-state index in [2.05, 4.69) is 35.0 Å². The number of para-hydroxylation sites is 1. The lowest BCUT2D eigenvalue weighted by Crippen LogP contribution is -2.52. The fourth-order valence-electron chi connectivity index (χ4n) is 5.10. The van der Waals surface area contributed by atoms with E-state index >= 15 is 0 Å². The van der Waals surface area contributed by atoms with Gasteiger partial charge in [-0.05, 0) is 42.7 Å². The Morgan fingerprint density at radius 3 is 2.58 bits per heavy atom. The van der Waals surface area contributed by atoms with Crippen LogP contribution < -0.4 is 5.32 Å². The van der Waals surface area contributed by atoms with Crippen molar-refractivity contribution < 1.29 is 9.59 Å². The monoisotopic (exact) mass is 440 g/mol. The Morgan fingerprint density at radius 1 is 1.06 bits per heavy atom. The molecule has 0 unspecified atom stereocenters. The first kappa shape index (κ1) is 21.2. The highest BCUT2D eigenvalue weighted by Crippen LogP contribution is 2.30.